The van der Waals surface area contributed by atoms with E-state index in [0.717, 1.165) is 51.1 Å². The average molecular weight is 295 g/mol. The average Bonchev–Trinajstić information content (AvgIpc) is 2.76. The number of hydrogen-bond acceptors (Lipinski definition) is 5. The van der Waals surface area contributed by atoms with Crippen LogP contribution < -0.4 is 10.6 Å². The fraction of sp³-hybridized carbons (Fsp3) is 0.786. The zero-order valence-electron chi connectivity index (χ0n) is 12.7. The van der Waals surface area contributed by atoms with E-state index in [2.05, 4.69) is 20.8 Å². The largest absolute Gasteiger partial charge is 0.385 e. The van der Waals surface area contributed by atoms with Crippen LogP contribution in [0.5, 0.6) is 0 Å². The van der Waals surface area contributed by atoms with Gasteiger partial charge in [-0.1, -0.05) is 0 Å². The van der Waals surface area contributed by atoms with Crippen molar-refractivity contribution in [1.29, 1.82) is 0 Å². The van der Waals surface area contributed by atoms with E-state index in [-0.39, 0.29) is 11.8 Å². The Kier molecular flexibility index (Phi) is 6.62. The summed E-state index contributed by atoms with van der Waals surface area (Å²) in [4.78, 5) is 12.2. The number of carbonyl (C=O) groups is 1. The van der Waals surface area contributed by atoms with Crippen LogP contribution in [0.1, 0.15) is 31.5 Å². The molecule has 0 bridgehead atoms. The summed E-state index contributed by atoms with van der Waals surface area (Å²) in [5.74, 6) is 1.04. The highest BCUT2D eigenvalue weighted by Crippen LogP contribution is 2.13. The number of aromatic nitrogens is 3. The van der Waals surface area contributed by atoms with Crippen LogP contribution in [0.15, 0.2) is 6.33 Å². The van der Waals surface area contributed by atoms with E-state index in [1.54, 1.807) is 13.4 Å². The molecule has 0 aromatic carbocycles. The molecule has 1 saturated heterocycles. The lowest BCUT2D eigenvalue weighted by molar-refractivity contribution is -0.125. The van der Waals surface area contributed by atoms with Crippen molar-refractivity contribution in [1.82, 2.24) is 25.4 Å². The first kappa shape index (κ1) is 15.9. The molecule has 2 heterocycles. The van der Waals surface area contributed by atoms with Gasteiger partial charge in [-0.25, -0.2) is 0 Å². The SMILES string of the molecule is COCCCn1cnnc1CNC(=O)[C@H]1CCCNCC1. The molecule has 1 aliphatic heterocycles. The Bertz CT molecular complexity index is 427. The standard InChI is InChI=1S/C14H25N5O2/c1-21-9-3-8-19-11-17-18-13(19)10-16-14(20)12-4-2-6-15-7-5-12/h11-12,15H,2-10H2,1H3,(H,16,20)/t12-/m0/s1. The first-order valence-electron chi connectivity index (χ1n) is 7.65. The third kappa shape index (κ3) is 5.09. The van der Waals surface area contributed by atoms with Crippen LogP contribution in [-0.2, 0) is 22.6 Å². The monoisotopic (exact) mass is 295 g/mol. The highest BCUT2D eigenvalue weighted by molar-refractivity contribution is 5.78. The van der Waals surface area contributed by atoms with Gasteiger partial charge in [-0.05, 0) is 38.8 Å². The van der Waals surface area contributed by atoms with Gasteiger partial charge in [0.1, 0.15) is 6.33 Å². The van der Waals surface area contributed by atoms with Gasteiger partial charge in [-0.2, -0.15) is 0 Å². The van der Waals surface area contributed by atoms with E-state index in [1.807, 2.05) is 4.57 Å². The van der Waals surface area contributed by atoms with Crippen molar-refractivity contribution in [3.8, 4) is 0 Å². The number of aryl methyl sites for hydroxylation is 1. The molecule has 1 amide bonds. The minimum absolute atomic E-state index is 0.116. The molecule has 2 rings (SSSR count). The van der Waals surface area contributed by atoms with Crippen LogP contribution in [0.2, 0.25) is 0 Å². The molecule has 0 radical (unpaired) electrons. The van der Waals surface area contributed by atoms with Crippen LogP contribution in [0, 0.1) is 5.92 Å². The highest BCUT2D eigenvalue weighted by Gasteiger charge is 2.20. The molecule has 1 aromatic rings. The van der Waals surface area contributed by atoms with Crippen molar-refractivity contribution in [2.45, 2.75) is 38.8 Å². The number of rotatable bonds is 7. The Balaban J connectivity index is 1.79. The summed E-state index contributed by atoms with van der Waals surface area (Å²) >= 11 is 0. The lowest BCUT2D eigenvalue weighted by Gasteiger charge is -2.14. The molecule has 7 heteroatoms. The summed E-state index contributed by atoms with van der Waals surface area (Å²) in [6, 6.07) is 0. The normalized spacial score (nSPS) is 19.2. The number of carbonyl (C=O) groups excluding carboxylic acids is 1. The van der Waals surface area contributed by atoms with Gasteiger partial charge in [0.15, 0.2) is 5.82 Å². The van der Waals surface area contributed by atoms with Crippen molar-refractivity contribution >= 4 is 5.91 Å². The van der Waals surface area contributed by atoms with Crippen molar-refractivity contribution in [2.75, 3.05) is 26.8 Å². The first-order chi connectivity index (χ1) is 10.3. The minimum atomic E-state index is 0.116. The van der Waals surface area contributed by atoms with Crippen molar-refractivity contribution < 1.29 is 9.53 Å². The third-order valence-corrected chi connectivity index (χ3v) is 3.81. The molecule has 1 atom stereocenters. The Labute approximate surface area is 125 Å². The summed E-state index contributed by atoms with van der Waals surface area (Å²) in [7, 11) is 1.69. The van der Waals surface area contributed by atoms with Gasteiger partial charge in [-0.15, -0.1) is 10.2 Å². The zero-order chi connectivity index (χ0) is 14.9. The number of amides is 1. The highest BCUT2D eigenvalue weighted by atomic mass is 16.5. The molecule has 21 heavy (non-hydrogen) atoms. The fourth-order valence-electron chi connectivity index (χ4n) is 2.57. The van der Waals surface area contributed by atoms with Gasteiger partial charge >= 0.3 is 0 Å². The second-order valence-electron chi connectivity index (χ2n) is 5.38. The Morgan fingerprint density at radius 2 is 2.43 bits per heavy atom. The molecule has 0 unspecified atom stereocenters. The smallest absolute Gasteiger partial charge is 0.223 e. The Hall–Kier alpha value is -1.47. The second kappa shape index (κ2) is 8.74. The van der Waals surface area contributed by atoms with Gasteiger partial charge in [-0.3, -0.25) is 4.79 Å². The number of methoxy groups -OCH3 is 1. The van der Waals surface area contributed by atoms with E-state index in [1.165, 1.54) is 0 Å². The van der Waals surface area contributed by atoms with Crippen molar-refractivity contribution in [3.05, 3.63) is 12.2 Å². The topological polar surface area (TPSA) is 81.1 Å². The number of nitrogens with zero attached hydrogens (tertiary/aromatic N) is 3. The number of nitrogens with one attached hydrogen (secondary N) is 2. The minimum Gasteiger partial charge on any atom is -0.385 e. The lowest BCUT2D eigenvalue weighted by Crippen LogP contribution is -2.31. The van der Waals surface area contributed by atoms with Crippen LogP contribution in [0.4, 0.5) is 0 Å². The summed E-state index contributed by atoms with van der Waals surface area (Å²) in [6.07, 6.45) is 5.54. The summed E-state index contributed by atoms with van der Waals surface area (Å²) in [5.41, 5.74) is 0. The van der Waals surface area contributed by atoms with Crippen LogP contribution in [-0.4, -0.2) is 47.5 Å². The van der Waals surface area contributed by atoms with E-state index < -0.39 is 0 Å². The van der Waals surface area contributed by atoms with Crippen molar-refractivity contribution in [2.24, 2.45) is 5.92 Å². The molecule has 1 fully saturated rings. The molecule has 118 valence electrons. The molecule has 0 spiro atoms. The maximum atomic E-state index is 12.2. The van der Waals surface area contributed by atoms with Crippen LogP contribution in [0.25, 0.3) is 0 Å². The third-order valence-electron chi connectivity index (χ3n) is 3.81. The van der Waals surface area contributed by atoms with Gasteiger partial charge in [0.25, 0.3) is 0 Å². The summed E-state index contributed by atoms with van der Waals surface area (Å²) < 4.78 is 7.01. The Morgan fingerprint density at radius 1 is 1.52 bits per heavy atom. The fourth-order valence-corrected chi connectivity index (χ4v) is 2.57. The van der Waals surface area contributed by atoms with Crippen molar-refractivity contribution in [3.63, 3.8) is 0 Å². The molecule has 1 aromatic heterocycles. The van der Waals surface area contributed by atoms with E-state index in [0.29, 0.717) is 13.2 Å². The van der Waals surface area contributed by atoms with E-state index in [9.17, 15) is 4.79 Å². The molecule has 1 aliphatic rings. The van der Waals surface area contributed by atoms with Gasteiger partial charge in [0, 0.05) is 26.2 Å². The van der Waals surface area contributed by atoms with Crippen LogP contribution >= 0.6 is 0 Å². The predicted molar refractivity (Wildman–Crippen MR) is 78.6 cm³/mol. The molecule has 2 N–H and O–H groups in total. The summed E-state index contributed by atoms with van der Waals surface area (Å²) in [6.45, 7) is 3.89. The number of ether oxygens (including phenoxy) is 1. The maximum absolute atomic E-state index is 12.2. The molecule has 7 nitrogen and oxygen atoms in total. The number of hydrogen-bond donors (Lipinski definition) is 2. The van der Waals surface area contributed by atoms with Gasteiger partial charge < -0.3 is 19.9 Å². The quantitative estimate of drug-likeness (QED) is 0.708. The second-order valence-corrected chi connectivity index (χ2v) is 5.38. The van der Waals surface area contributed by atoms with Gasteiger partial charge in [0.2, 0.25) is 5.91 Å². The molecule has 0 aliphatic carbocycles. The summed E-state index contributed by atoms with van der Waals surface area (Å²) in [5, 5.41) is 14.3. The van der Waals surface area contributed by atoms with Crippen LogP contribution in [0.3, 0.4) is 0 Å². The predicted octanol–water partition coefficient (Wildman–Crippen LogP) is 0.321. The van der Waals surface area contributed by atoms with E-state index in [4.69, 9.17) is 4.74 Å². The van der Waals surface area contributed by atoms with Gasteiger partial charge in [0.05, 0.1) is 6.54 Å². The maximum Gasteiger partial charge on any atom is 0.223 e. The lowest BCUT2D eigenvalue weighted by atomic mass is 10.00. The molecule has 0 saturated carbocycles. The first-order valence-corrected chi connectivity index (χ1v) is 7.65. The molecular weight excluding hydrogens is 270 g/mol. The Morgan fingerprint density at radius 3 is 3.29 bits per heavy atom. The zero-order valence-corrected chi connectivity index (χ0v) is 12.7. The van der Waals surface area contributed by atoms with E-state index >= 15 is 0 Å². The molecular formula is C14H25N5O2.